The number of rotatable bonds is 6. The van der Waals surface area contributed by atoms with E-state index in [1.165, 1.54) is 11.3 Å². The Hall–Kier alpha value is -3.07. The van der Waals surface area contributed by atoms with Gasteiger partial charge in [-0.1, -0.05) is 24.3 Å². The number of benzene rings is 2. The lowest BCUT2D eigenvalue weighted by Gasteiger charge is -2.17. The lowest BCUT2D eigenvalue weighted by atomic mass is 10.0. The zero-order valence-electron chi connectivity index (χ0n) is 17.8. The highest BCUT2D eigenvalue weighted by Gasteiger charge is 2.33. The van der Waals surface area contributed by atoms with Crippen molar-refractivity contribution in [3.05, 3.63) is 70.7 Å². The summed E-state index contributed by atoms with van der Waals surface area (Å²) in [7, 11) is 0. The van der Waals surface area contributed by atoms with Crippen molar-refractivity contribution in [1.29, 1.82) is 0 Å². The van der Waals surface area contributed by atoms with Crippen molar-refractivity contribution >= 4 is 33.8 Å². The van der Waals surface area contributed by atoms with Crippen molar-refractivity contribution in [3.8, 4) is 5.75 Å². The largest absolute Gasteiger partial charge is 0.491 e. The molecule has 0 spiro atoms. The average molecular weight is 450 g/mol. The van der Waals surface area contributed by atoms with Crippen LogP contribution in [0, 0.1) is 0 Å². The minimum absolute atomic E-state index is 0.0966. The zero-order chi connectivity index (χ0) is 22.1. The van der Waals surface area contributed by atoms with Crippen molar-refractivity contribution in [2.75, 3.05) is 18.5 Å². The fourth-order valence-electron chi connectivity index (χ4n) is 3.82. The summed E-state index contributed by atoms with van der Waals surface area (Å²) in [4.78, 5) is 21.7. The van der Waals surface area contributed by atoms with E-state index in [0.29, 0.717) is 36.0 Å². The number of aromatic nitrogens is 1. The summed E-state index contributed by atoms with van der Waals surface area (Å²) in [6.45, 7) is 4.73. The van der Waals surface area contributed by atoms with Gasteiger partial charge in [0.1, 0.15) is 18.5 Å². The topological polar surface area (TPSA) is 82.0 Å². The molecule has 1 N–H and O–H groups in total. The van der Waals surface area contributed by atoms with Gasteiger partial charge in [-0.2, -0.15) is 0 Å². The summed E-state index contributed by atoms with van der Waals surface area (Å²) in [6, 6.07) is 13.5. The number of anilines is 1. The van der Waals surface area contributed by atoms with E-state index >= 15 is 0 Å². The van der Waals surface area contributed by atoms with Crippen LogP contribution in [0.5, 0.6) is 5.75 Å². The van der Waals surface area contributed by atoms with Gasteiger partial charge in [0.25, 0.3) is 5.91 Å². The second-order valence-corrected chi connectivity index (χ2v) is 9.02. The maximum Gasteiger partial charge on any atom is 0.259 e. The molecule has 1 atom stereocenters. The van der Waals surface area contributed by atoms with Crippen molar-refractivity contribution in [3.63, 3.8) is 0 Å². The van der Waals surface area contributed by atoms with Crippen LogP contribution in [0.4, 0.5) is 10.8 Å². The number of nitrogens with zero attached hydrogens (tertiary/aromatic N) is 2. The molecule has 7 nitrogen and oxygen atoms in total. The van der Waals surface area contributed by atoms with Crippen molar-refractivity contribution in [1.82, 2.24) is 4.98 Å². The molecule has 3 heterocycles. The van der Waals surface area contributed by atoms with Crippen molar-refractivity contribution < 1.29 is 19.0 Å². The van der Waals surface area contributed by atoms with E-state index in [1.54, 1.807) is 12.3 Å². The molecule has 1 aromatic heterocycles. The molecule has 8 heteroatoms. The Morgan fingerprint density at radius 1 is 1.28 bits per heavy atom. The molecule has 32 heavy (non-hydrogen) atoms. The maximum atomic E-state index is 12.8. The van der Waals surface area contributed by atoms with Gasteiger partial charge in [-0.25, -0.2) is 4.98 Å². The Morgan fingerprint density at radius 3 is 2.94 bits per heavy atom. The maximum absolute atomic E-state index is 12.8. The summed E-state index contributed by atoms with van der Waals surface area (Å²) >= 11 is 1.38. The number of hydrogen-bond donors (Lipinski definition) is 1. The Bertz CT molecular complexity index is 1170. The van der Waals surface area contributed by atoms with Gasteiger partial charge in [-0.3, -0.25) is 15.1 Å². The molecular formula is C24H23N3O4S. The van der Waals surface area contributed by atoms with E-state index in [2.05, 4.69) is 10.3 Å². The number of fused-ring (bicyclic) bond motifs is 1. The normalized spacial score (nSPS) is 18.8. The van der Waals surface area contributed by atoms with Gasteiger partial charge in [-0.05, 0) is 43.2 Å². The standard InChI is InChI=1S/C24H23N3O4S/c1-24(2)30-14-18(31-24)13-29-17-7-3-5-15(11-17)20-12-16-6-4-8-19(21(16)26-20)22(28)27-23-25-9-10-32-23/h3-11,18H,12-14H2,1-2H3,(H,25,27,28). The summed E-state index contributed by atoms with van der Waals surface area (Å²) in [5, 5.41) is 5.23. The first kappa shape index (κ1) is 20.8. The van der Waals surface area contributed by atoms with Gasteiger partial charge in [-0.15, -0.1) is 11.3 Å². The van der Waals surface area contributed by atoms with Gasteiger partial charge in [0.15, 0.2) is 10.9 Å². The molecule has 0 bridgehead atoms. The fourth-order valence-corrected chi connectivity index (χ4v) is 4.34. The molecule has 1 saturated heterocycles. The number of amides is 1. The van der Waals surface area contributed by atoms with Crippen LogP contribution in [0.1, 0.15) is 35.3 Å². The summed E-state index contributed by atoms with van der Waals surface area (Å²) in [5.74, 6) is -0.0270. The minimum Gasteiger partial charge on any atom is -0.491 e. The number of aliphatic imine (C=N–C) groups is 1. The Morgan fingerprint density at radius 2 is 2.16 bits per heavy atom. The van der Waals surface area contributed by atoms with Crippen LogP contribution in [0.2, 0.25) is 0 Å². The second-order valence-electron chi connectivity index (χ2n) is 8.13. The smallest absolute Gasteiger partial charge is 0.259 e. The van der Waals surface area contributed by atoms with Gasteiger partial charge < -0.3 is 14.2 Å². The Labute approximate surface area is 190 Å². The highest BCUT2D eigenvalue weighted by Crippen LogP contribution is 2.34. The van der Waals surface area contributed by atoms with Crippen LogP contribution < -0.4 is 10.1 Å². The van der Waals surface area contributed by atoms with Crippen LogP contribution in [-0.2, 0) is 15.9 Å². The second kappa shape index (κ2) is 8.46. The summed E-state index contributed by atoms with van der Waals surface area (Å²) in [6.07, 6.45) is 2.22. The number of para-hydroxylation sites is 1. The van der Waals surface area contributed by atoms with Crippen molar-refractivity contribution in [2.24, 2.45) is 4.99 Å². The van der Waals surface area contributed by atoms with E-state index in [4.69, 9.17) is 19.2 Å². The number of carbonyl (C=O) groups excluding carboxylic acids is 1. The Kier molecular flexibility index (Phi) is 5.50. The lowest BCUT2D eigenvalue weighted by molar-refractivity contribution is -0.141. The Balaban J connectivity index is 1.31. The van der Waals surface area contributed by atoms with E-state index in [-0.39, 0.29) is 12.0 Å². The van der Waals surface area contributed by atoms with Gasteiger partial charge >= 0.3 is 0 Å². The molecule has 3 aromatic rings. The van der Waals surface area contributed by atoms with E-state index in [0.717, 1.165) is 22.6 Å². The molecule has 1 amide bonds. The highest BCUT2D eigenvalue weighted by molar-refractivity contribution is 7.13. The minimum atomic E-state index is -0.566. The van der Waals surface area contributed by atoms with E-state index in [1.807, 2.05) is 55.6 Å². The monoisotopic (exact) mass is 449 g/mol. The number of carbonyl (C=O) groups is 1. The summed E-state index contributed by atoms with van der Waals surface area (Å²) in [5.41, 5.74) is 4.15. The highest BCUT2D eigenvalue weighted by atomic mass is 32.1. The SMILES string of the molecule is CC1(C)OCC(COc2cccc(C3=Nc4c(cccc4C(=O)Nc4nccs4)C3)c2)O1. The third-order valence-electron chi connectivity index (χ3n) is 5.29. The van der Waals surface area contributed by atoms with Crippen LogP contribution >= 0.6 is 11.3 Å². The van der Waals surface area contributed by atoms with E-state index in [9.17, 15) is 4.79 Å². The quantitative estimate of drug-likeness (QED) is 0.595. The van der Waals surface area contributed by atoms with E-state index < -0.39 is 5.79 Å². The average Bonchev–Trinajstić information content (AvgIpc) is 3.51. The molecule has 2 aliphatic rings. The number of ether oxygens (including phenoxy) is 3. The molecule has 2 aliphatic heterocycles. The van der Waals surface area contributed by atoms with Crippen LogP contribution in [-0.4, -0.2) is 41.7 Å². The first-order valence-electron chi connectivity index (χ1n) is 10.4. The fraction of sp³-hybridized carbons (Fsp3) is 0.292. The van der Waals surface area contributed by atoms with Crippen LogP contribution in [0.3, 0.4) is 0 Å². The van der Waals surface area contributed by atoms with Crippen molar-refractivity contribution in [2.45, 2.75) is 32.2 Å². The predicted molar refractivity (Wildman–Crippen MR) is 123 cm³/mol. The number of hydrogen-bond acceptors (Lipinski definition) is 7. The summed E-state index contributed by atoms with van der Waals surface area (Å²) < 4.78 is 17.3. The molecular weight excluding hydrogens is 426 g/mol. The third-order valence-corrected chi connectivity index (χ3v) is 5.98. The number of nitrogens with one attached hydrogen (secondary N) is 1. The predicted octanol–water partition coefficient (Wildman–Crippen LogP) is 4.60. The molecule has 0 radical (unpaired) electrons. The molecule has 164 valence electrons. The van der Waals surface area contributed by atoms with Gasteiger partial charge in [0.05, 0.1) is 23.6 Å². The first-order valence-corrected chi connectivity index (χ1v) is 11.3. The van der Waals surface area contributed by atoms with Gasteiger partial charge in [0, 0.05) is 18.0 Å². The molecule has 0 saturated carbocycles. The first-order chi connectivity index (χ1) is 15.5. The molecule has 0 aliphatic carbocycles. The third kappa shape index (κ3) is 4.43. The lowest BCUT2D eigenvalue weighted by Crippen LogP contribution is -2.25. The van der Waals surface area contributed by atoms with Crippen LogP contribution in [0.25, 0.3) is 0 Å². The molecule has 2 aromatic carbocycles. The zero-order valence-corrected chi connectivity index (χ0v) is 18.6. The van der Waals surface area contributed by atoms with Gasteiger partial charge in [0.2, 0.25) is 0 Å². The molecule has 1 fully saturated rings. The molecule has 5 rings (SSSR count). The number of thiazole rings is 1. The van der Waals surface area contributed by atoms with Crippen LogP contribution in [0.15, 0.2) is 59.0 Å². The molecule has 1 unspecified atom stereocenters.